The molecule has 0 aliphatic heterocycles. The molecule has 3 nitrogen and oxygen atoms in total. The third-order valence-electron chi connectivity index (χ3n) is 2.65. The largest absolute Gasteiger partial charge is 0.495 e. The van der Waals surface area contributed by atoms with Crippen LogP contribution in [0.4, 0.5) is 0 Å². The maximum atomic E-state index is 5.41. The number of rotatable bonds is 5. The second kappa shape index (κ2) is 6.83. The summed E-state index contributed by atoms with van der Waals surface area (Å²) in [5.74, 6) is 0.800. The molecule has 0 aliphatic rings. The van der Waals surface area contributed by atoms with E-state index in [1.54, 1.807) is 24.6 Å². The number of methoxy groups -OCH3 is 1. The molecular formula is C13H14Br2N2OS. The first-order valence-corrected chi connectivity index (χ1v) is 8.24. The van der Waals surface area contributed by atoms with Gasteiger partial charge in [0.2, 0.25) is 0 Å². The molecule has 0 aromatic carbocycles. The zero-order valence-electron chi connectivity index (χ0n) is 10.6. The molecule has 2 aromatic rings. The van der Waals surface area contributed by atoms with E-state index in [0.717, 1.165) is 26.2 Å². The summed E-state index contributed by atoms with van der Waals surface area (Å²) >= 11 is 8.75. The Kier molecular flexibility index (Phi) is 5.38. The van der Waals surface area contributed by atoms with Gasteiger partial charge in [0.15, 0.2) is 0 Å². The Balaban J connectivity index is 2.44. The van der Waals surface area contributed by atoms with E-state index in [1.165, 1.54) is 4.88 Å². The maximum absolute atomic E-state index is 5.41. The first-order chi connectivity index (χ1) is 9.17. The van der Waals surface area contributed by atoms with Crippen molar-refractivity contribution in [2.75, 3.05) is 13.7 Å². The van der Waals surface area contributed by atoms with E-state index < -0.39 is 0 Å². The minimum Gasteiger partial charge on any atom is -0.495 e. The molecule has 1 atom stereocenters. The number of hydrogen-bond donors (Lipinski definition) is 1. The van der Waals surface area contributed by atoms with Crippen molar-refractivity contribution < 1.29 is 4.74 Å². The fourth-order valence-electron chi connectivity index (χ4n) is 1.83. The topological polar surface area (TPSA) is 34.2 Å². The highest BCUT2D eigenvalue weighted by atomic mass is 79.9. The molecule has 102 valence electrons. The normalized spacial score (nSPS) is 12.4. The molecule has 6 heteroatoms. The third kappa shape index (κ3) is 3.37. The number of nitrogens with one attached hydrogen (secondary N) is 1. The van der Waals surface area contributed by atoms with Crippen molar-refractivity contribution in [1.29, 1.82) is 0 Å². The van der Waals surface area contributed by atoms with Crippen molar-refractivity contribution in [2.24, 2.45) is 0 Å². The smallest absolute Gasteiger partial charge is 0.142 e. The molecule has 0 aliphatic carbocycles. The lowest BCUT2D eigenvalue weighted by atomic mass is 10.1. The van der Waals surface area contributed by atoms with Gasteiger partial charge in [-0.3, -0.25) is 4.98 Å². The molecule has 19 heavy (non-hydrogen) atoms. The average Bonchev–Trinajstić information content (AvgIpc) is 2.76. The van der Waals surface area contributed by atoms with E-state index in [4.69, 9.17) is 4.74 Å². The van der Waals surface area contributed by atoms with Crippen molar-refractivity contribution in [3.8, 4) is 5.75 Å². The van der Waals surface area contributed by atoms with E-state index in [2.05, 4.69) is 55.2 Å². The van der Waals surface area contributed by atoms with E-state index in [0.29, 0.717) is 0 Å². The van der Waals surface area contributed by atoms with Gasteiger partial charge >= 0.3 is 0 Å². The van der Waals surface area contributed by atoms with E-state index >= 15 is 0 Å². The summed E-state index contributed by atoms with van der Waals surface area (Å²) in [5, 5.41) is 3.46. The molecule has 0 saturated heterocycles. The zero-order valence-corrected chi connectivity index (χ0v) is 14.6. The van der Waals surface area contributed by atoms with Crippen molar-refractivity contribution in [1.82, 2.24) is 10.3 Å². The Morgan fingerprint density at radius 2 is 2.26 bits per heavy atom. The van der Waals surface area contributed by atoms with Gasteiger partial charge in [0.1, 0.15) is 11.4 Å². The van der Waals surface area contributed by atoms with E-state index in [-0.39, 0.29) is 6.04 Å². The third-order valence-corrected chi connectivity index (χ3v) is 5.97. The van der Waals surface area contributed by atoms with Crippen LogP contribution in [0.5, 0.6) is 5.75 Å². The first-order valence-electron chi connectivity index (χ1n) is 5.84. The van der Waals surface area contributed by atoms with Crippen LogP contribution in [0, 0.1) is 0 Å². The molecule has 1 N–H and O–H groups in total. The second-order valence-corrected chi connectivity index (χ2v) is 7.11. The molecule has 2 rings (SSSR count). The van der Waals surface area contributed by atoms with Gasteiger partial charge in [0.05, 0.1) is 16.9 Å². The van der Waals surface area contributed by atoms with Crippen LogP contribution in [0.2, 0.25) is 0 Å². The summed E-state index contributed by atoms with van der Waals surface area (Å²) < 4.78 is 7.55. The first kappa shape index (κ1) is 15.0. The predicted octanol–water partition coefficient (Wildman–Crippen LogP) is 4.38. The van der Waals surface area contributed by atoms with Crippen LogP contribution in [0.15, 0.2) is 32.7 Å². The number of halogens is 2. The van der Waals surface area contributed by atoms with Gasteiger partial charge in [0, 0.05) is 15.5 Å². The molecule has 0 amide bonds. The number of aromatic nitrogens is 1. The highest BCUT2D eigenvalue weighted by Crippen LogP contribution is 2.38. The quantitative estimate of drug-likeness (QED) is 0.801. The van der Waals surface area contributed by atoms with Gasteiger partial charge in [0.25, 0.3) is 0 Å². The monoisotopic (exact) mass is 404 g/mol. The zero-order chi connectivity index (χ0) is 13.8. The Hall–Kier alpha value is -0.430. The number of pyridine rings is 1. The fourth-order valence-corrected chi connectivity index (χ4v) is 4.00. The van der Waals surface area contributed by atoms with Crippen LogP contribution >= 0.6 is 43.2 Å². The van der Waals surface area contributed by atoms with Crippen LogP contribution in [0.1, 0.15) is 23.5 Å². The van der Waals surface area contributed by atoms with Crippen molar-refractivity contribution in [3.63, 3.8) is 0 Å². The van der Waals surface area contributed by atoms with Gasteiger partial charge < -0.3 is 10.1 Å². The minimum atomic E-state index is 0.0359. The predicted molar refractivity (Wildman–Crippen MR) is 86.0 cm³/mol. The van der Waals surface area contributed by atoms with E-state index in [9.17, 15) is 0 Å². The summed E-state index contributed by atoms with van der Waals surface area (Å²) in [6, 6.07) is 5.96. The summed E-state index contributed by atoms with van der Waals surface area (Å²) in [7, 11) is 1.67. The molecule has 2 heterocycles. The number of nitrogens with zero attached hydrogens (tertiary/aromatic N) is 1. The Bertz CT molecular complexity index is 540. The second-order valence-electron chi connectivity index (χ2n) is 3.85. The Morgan fingerprint density at radius 1 is 1.47 bits per heavy atom. The van der Waals surface area contributed by atoms with Crippen LogP contribution in [-0.2, 0) is 0 Å². The summed E-state index contributed by atoms with van der Waals surface area (Å²) in [6.07, 6.45) is 1.79. The molecule has 0 saturated carbocycles. The van der Waals surface area contributed by atoms with Gasteiger partial charge in [-0.05, 0) is 56.6 Å². The fraction of sp³-hybridized carbons (Fsp3) is 0.308. The SMILES string of the molecule is CCNC(c1cc(Br)c(Br)s1)c1ncccc1OC. The van der Waals surface area contributed by atoms with Gasteiger partial charge in [-0.25, -0.2) is 0 Å². The van der Waals surface area contributed by atoms with Crippen molar-refractivity contribution in [3.05, 3.63) is 43.2 Å². The van der Waals surface area contributed by atoms with E-state index in [1.807, 2.05) is 12.1 Å². The average molecular weight is 406 g/mol. The lowest BCUT2D eigenvalue weighted by Crippen LogP contribution is -2.22. The summed E-state index contributed by atoms with van der Waals surface area (Å²) in [4.78, 5) is 5.66. The standard InChI is InChI=1S/C13H14Br2N2OS/c1-3-16-12(10-7-8(14)13(15)19-10)11-9(18-2)5-4-6-17-11/h4-7,12,16H,3H2,1-2H3. The van der Waals surface area contributed by atoms with Crippen LogP contribution in [0.25, 0.3) is 0 Å². The molecule has 0 fully saturated rings. The maximum Gasteiger partial charge on any atom is 0.142 e. The highest BCUT2D eigenvalue weighted by molar-refractivity contribution is 9.13. The van der Waals surface area contributed by atoms with Gasteiger partial charge in [-0.2, -0.15) is 0 Å². The highest BCUT2D eigenvalue weighted by Gasteiger charge is 2.21. The van der Waals surface area contributed by atoms with Gasteiger partial charge in [-0.1, -0.05) is 6.92 Å². The Morgan fingerprint density at radius 3 is 2.84 bits per heavy atom. The lowest BCUT2D eigenvalue weighted by Gasteiger charge is -2.18. The van der Waals surface area contributed by atoms with Crippen LogP contribution in [-0.4, -0.2) is 18.6 Å². The van der Waals surface area contributed by atoms with Crippen molar-refractivity contribution in [2.45, 2.75) is 13.0 Å². The Labute approximate surface area is 133 Å². The minimum absolute atomic E-state index is 0.0359. The number of ether oxygens (including phenoxy) is 1. The molecule has 2 aromatic heterocycles. The number of hydrogen-bond acceptors (Lipinski definition) is 4. The number of thiophene rings is 1. The molecule has 0 spiro atoms. The van der Waals surface area contributed by atoms with Gasteiger partial charge in [-0.15, -0.1) is 11.3 Å². The molecule has 0 radical (unpaired) electrons. The molecular weight excluding hydrogens is 392 g/mol. The lowest BCUT2D eigenvalue weighted by molar-refractivity contribution is 0.401. The molecule has 1 unspecified atom stereocenters. The summed E-state index contributed by atoms with van der Waals surface area (Å²) in [5.41, 5.74) is 0.910. The molecule has 0 bridgehead atoms. The van der Waals surface area contributed by atoms with Crippen molar-refractivity contribution >= 4 is 43.2 Å². The van der Waals surface area contributed by atoms with Crippen LogP contribution < -0.4 is 10.1 Å². The van der Waals surface area contributed by atoms with Crippen LogP contribution in [0.3, 0.4) is 0 Å². The summed E-state index contributed by atoms with van der Waals surface area (Å²) in [6.45, 7) is 2.94.